The molecule has 0 heterocycles. The van der Waals surface area contributed by atoms with Gasteiger partial charge in [-0.15, -0.1) is 0 Å². The van der Waals surface area contributed by atoms with Crippen LogP contribution in [0.5, 0.6) is 0 Å². The molecule has 0 radical (unpaired) electrons. The number of nitrogens with one attached hydrogen (secondary N) is 1. The number of anilines is 1. The van der Waals surface area contributed by atoms with Gasteiger partial charge in [-0.25, -0.2) is 4.39 Å². The molecular weight excluding hydrogens is 382 g/mol. The Labute approximate surface area is 128 Å². The zero-order valence-electron chi connectivity index (χ0n) is 10.6. The van der Waals surface area contributed by atoms with E-state index in [9.17, 15) is 19.3 Å². The normalized spacial score (nSPS) is 10.3. The number of nitro groups is 1. The minimum Gasteiger partial charge on any atom is -0.481 e. The minimum absolute atomic E-state index is 0.109. The van der Waals surface area contributed by atoms with E-state index in [1.807, 2.05) is 0 Å². The quantitative estimate of drug-likeness (QED) is 0.304. The predicted octanol–water partition coefficient (Wildman–Crippen LogP) is 3.40. The molecule has 2 N–H and O–H groups in total. The molecule has 0 aromatic heterocycles. The molecule has 0 atom stereocenters. The van der Waals surface area contributed by atoms with E-state index in [2.05, 4.69) is 5.32 Å². The largest absolute Gasteiger partial charge is 0.481 e. The van der Waals surface area contributed by atoms with Crippen LogP contribution in [0.25, 0.3) is 0 Å². The zero-order valence-corrected chi connectivity index (χ0v) is 12.7. The van der Waals surface area contributed by atoms with Crippen LogP contribution in [-0.4, -0.2) is 22.5 Å². The topological polar surface area (TPSA) is 92.5 Å². The van der Waals surface area contributed by atoms with Crippen molar-refractivity contribution in [2.75, 3.05) is 11.9 Å². The fraction of sp³-hybridized carbons (Fsp3) is 0.417. The maximum absolute atomic E-state index is 13.4. The first-order valence-electron chi connectivity index (χ1n) is 6.01. The Morgan fingerprint density at radius 2 is 2.10 bits per heavy atom. The van der Waals surface area contributed by atoms with Crippen molar-refractivity contribution >= 4 is 39.9 Å². The van der Waals surface area contributed by atoms with Gasteiger partial charge in [-0.1, -0.05) is 6.42 Å². The highest BCUT2D eigenvalue weighted by Crippen LogP contribution is 2.28. The number of benzene rings is 1. The van der Waals surface area contributed by atoms with E-state index in [4.69, 9.17) is 5.11 Å². The Bertz CT molecular complexity index is 510. The highest BCUT2D eigenvalue weighted by molar-refractivity contribution is 14.1. The number of carboxylic acids is 1. The van der Waals surface area contributed by atoms with Crippen molar-refractivity contribution in [3.8, 4) is 0 Å². The zero-order chi connectivity index (χ0) is 15.1. The van der Waals surface area contributed by atoms with Crippen LogP contribution in [0.4, 0.5) is 15.8 Å². The fourth-order valence-corrected chi connectivity index (χ4v) is 2.08. The standard InChI is InChI=1S/C12H14FIN2O4/c13-8-6-10(11(16(19)20)7-9(8)14)15-5-3-1-2-4-12(17)18/h6-7,15H,1-5H2,(H,17,18). The van der Waals surface area contributed by atoms with Gasteiger partial charge in [-0.2, -0.15) is 0 Å². The van der Waals surface area contributed by atoms with E-state index in [1.165, 1.54) is 6.07 Å². The molecule has 0 aliphatic heterocycles. The van der Waals surface area contributed by atoms with Gasteiger partial charge in [-0.05, 0) is 35.4 Å². The lowest BCUT2D eigenvalue weighted by Crippen LogP contribution is -2.06. The highest BCUT2D eigenvalue weighted by atomic mass is 127. The van der Waals surface area contributed by atoms with Gasteiger partial charge >= 0.3 is 5.97 Å². The van der Waals surface area contributed by atoms with Crippen molar-refractivity contribution in [3.63, 3.8) is 0 Å². The maximum Gasteiger partial charge on any atom is 0.303 e. The summed E-state index contributed by atoms with van der Waals surface area (Å²) >= 11 is 1.70. The van der Waals surface area contributed by atoms with Crippen molar-refractivity contribution in [2.24, 2.45) is 0 Å². The van der Waals surface area contributed by atoms with Crippen molar-refractivity contribution in [1.29, 1.82) is 0 Å². The van der Waals surface area contributed by atoms with Gasteiger partial charge in [-0.3, -0.25) is 14.9 Å². The Balaban J connectivity index is 2.53. The summed E-state index contributed by atoms with van der Waals surface area (Å²) in [5.41, 5.74) is -0.0208. The summed E-state index contributed by atoms with van der Waals surface area (Å²) in [4.78, 5) is 20.6. The summed E-state index contributed by atoms with van der Waals surface area (Å²) in [6.45, 7) is 0.431. The van der Waals surface area contributed by atoms with Crippen LogP contribution >= 0.6 is 22.6 Å². The van der Waals surface area contributed by atoms with E-state index in [0.717, 1.165) is 6.07 Å². The maximum atomic E-state index is 13.4. The van der Waals surface area contributed by atoms with E-state index < -0.39 is 16.7 Å². The van der Waals surface area contributed by atoms with E-state index >= 15 is 0 Å². The van der Waals surface area contributed by atoms with Gasteiger partial charge in [0.1, 0.15) is 11.5 Å². The lowest BCUT2D eigenvalue weighted by Gasteiger charge is -2.08. The monoisotopic (exact) mass is 396 g/mol. The van der Waals surface area contributed by atoms with Crippen LogP contribution in [-0.2, 0) is 4.79 Å². The van der Waals surface area contributed by atoms with Crippen molar-refractivity contribution in [3.05, 3.63) is 31.6 Å². The van der Waals surface area contributed by atoms with Crippen LogP contribution in [0.2, 0.25) is 0 Å². The number of halogens is 2. The molecule has 110 valence electrons. The number of aliphatic carboxylic acids is 1. The first kappa shape index (κ1) is 16.6. The Hall–Kier alpha value is -1.45. The van der Waals surface area contributed by atoms with Gasteiger partial charge in [0, 0.05) is 25.1 Å². The minimum atomic E-state index is -0.840. The number of rotatable bonds is 8. The number of nitrogens with zero attached hydrogens (tertiary/aromatic N) is 1. The van der Waals surface area contributed by atoms with Gasteiger partial charge in [0.25, 0.3) is 5.69 Å². The van der Waals surface area contributed by atoms with Crippen LogP contribution in [0.15, 0.2) is 12.1 Å². The third-order valence-corrected chi connectivity index (χ3v) is 3.44. The number of carboxylic acid groups (broad SMARTS) is 1. The number of hydrogen-bond donors (Lipinski definition) is 2. The van der Waals surface area contributed by atoms with Crippen LogP contribution in [0.1, 0.15) is 25.7 Å². The van der Waals surface area contributed by atoms with Crippen molar-refractivity contribution in [2.45, 2.75) is 25.7 Å². The van der Waals surface area contributed by atoms with Crippen LogP contribution in [0, 0.1) is 19.5 Å². The molecule has 0 saturated carbocycles. The summed E-state index contributed by atoms with van der Waals surface area (Å²) in [6, 6.07) is 2.29. The average molecular weight is 396 g/mol. The predicted molar refractivity (Wildman–Crippen MR) is 80.4 cm³/mol. The second-order valence-corrected chi connectivity index (χ2v) is 5.33. The van der Waals surface area contributed by atoms with Gasteiger partial charge in [0.2, 0.25) is 0 Å². The molecule has 0 unspecified atom stereocenters. The third-order valence-electron chi connectivity index (χ3n) is 2.62. The molecule has 0 spiro atoms. The van der Waals surface area contributed by atoms with Crippen LogP contribution < -0.4 is 5.32 Å². The summed E-state index contributed by atoms with van der Waals surface area (Å²) < 4.78 is 13.6. The van der Waals surface area contributed by atoms with Crippen molar-refractivity contribution in [1.82, 2.24) is 0 Å². The summed E-state index contributed by atoms with van der Waals surface area (Å²) in [7, 11) is 0. The van der Waals surface area contributed by atoms with Gasteiger partial charge in [0.15, 0.2) is 0 Å². The Morgan fingerprint density at radius 1 is 1.40 bits per heavy atom. The number of nitro benzene ring substituents is 1. The fourth-order valence-electron chi connectivity index (χ4n) is 1.63. The first-order valence-corrected chi connectivity index (χ1v) is 7.09. The van der Waals surface area contributed by atoms with Crippen molar-refractivity contribution < 1.29 is 19.2 Å². The second kappa shape index (κ2) is 7.98. The summed E-state index contributed by atoms with van der Waals surface area (Å²) in [6.07, 6.45) is 2.02. The number of hydrogen-bond acceptors (Lipinski definition) is 4. The Morgan fingerprint density at radius 3 is 2.70 bits per heavy atom. The molecule has 0 fully saturated rings. The molecule has 0 amide bonds. The molecule has 1 rings (SSSR count). The van der Waals surface area contributed by atoms with E-state index in [-0.39, 0.29) is 21.4 Å². The molecule has 0 aliphatic carbocycles. The van der Waals surface area contributed by atoms with Crippen LogP contribution in [0.3, 0.4) is 0 Å². The Kier molecular flexibility index (Phi) is 6.62. The molecule has 20 heavy (non-hydrogen) atoms. The second-order valence-electron chi connectivity index (χ2n) is 4.17. The first-order chi connectivity index (χ1) is 9.41. The van der Waals surface area contributed by atoms with E-state index in [0.29, 0.717) is 25.8 Å². The highest BCUT2D eigenvalue weighted by Gasteiger charge is 2.16. The molecule has 6 nitrogen and oxygen atoms in total. The lowest BCUT2D eigenvalue weighted by atomic mass is 10.2. The third kappa shape index (κ3) is 5.27. The SMILES string of the molecule is O=C(O)CCCCCNc1cc(F)c(I)cc1[N+](=O)[O-]. The molecule has 0 bridgehead atoms. The molecule has 8 heteroatoms. The summed E-state index contributed by atoms with van der Waals surface area (Å²) in [5.74, 6) is -1.35. The number of carbonyl (C=O) groups is 1. The average Bonchev–Trinajstić information content (AvgIpc) is 2.36. The molecular formula is C12H14FIN2O4. The molecule has 0 saturated heterocycles. The smallest absolute Gasteiger partial charge is 0.303 e. The van der Waals surface area contributed by atoms with Gasteiger partial charge < -0.3 is 10.4 Å². The van der Waals surface area contributed by atoms with E-state index in [1.54, 1.807) is 22.6 Å². The number of unbranched alkanes of at least 4 members (excludes halogenated alkanes) is 2. The van der Waals surface area contributed by atoms with Gasteiger partial charge in [0.05, 0.1) is 8.49 Å². The lowest BCUT2D eigenvalue weighted by molar-refractivity contribution is -0.384. The molecule has 0 aliphatic rings. The molecule has 1 aromatic carbocycles. The molecule has 1 aromatic rings. The summed E-state index contributed by atoms with van der Waals surface area (Å²) in [5, 5.41) is 22.2.